The number of anilines is 1. The van der Waals surface area contributed by atoms with E-state index in [4.69, 9.17) is 4.74 Å². The van der Waals surface area contributed by atoms with Crippen LogP contribution in [0.3, 0.4) is 0 Å². The highest BCUT2D eigenvalue weighted by molar-refractivity contribution is 5.95. The number of allylic oxidation sites excluding steroid dienone is 2. The van der Waals surface area contributed by atoms with Gasteiger partial charge in [-0.2, -0.15) is 0 Å². The van der Waals surface area contributed by atoms with Gasteiger partial charge < -0.3 is 15.2 Å². The lowest BCUT2D eigenvalue weighted by Crippen LogP contribution is -2.34. The van der Waals surface area contributed by atoms with Gasteiger partial charge in [-0.25, -0.2) is 0 Å². The molecule has 0 aromatic heterocycles. The lowest BCUT2D eigenvalue weighted by Gasteiger charge is -2.24. The molecule has 0 fully saturated rings. The van der Waals surface area contributed by atoms with Crippen molar-refractivity contribution in [3.63, 3.8) is 0 Å². The highest BCUT2D eigenvalue weighted by atomic mass is 16.5. The summed E-state index contributed by atoms with van der Waals surface area (Å²) < 4.78 is 5.70. The Labute approximate surface area is 145 Å². The van der Waals surface area contributed by atoms with Crippen LogP contribution in [0.15, 0.2) is 66.7 Å². The summed E-state index contributed by atoms with van der Waals surface area (Å²) in [6.45, 7) is 0. The lowest BCUT2D eigenvalue weighted by atomic mass is 9.82. The van der Waals surface area contributed by atoms with Crippen LogP contribution in [0.5, 0.6) is 11.5 Å². The molecule has 2 aromatic carbocycles. The Morgan fingerprint density at radius 3 is 2.12 bits per heavy atom. The van der Waals surface area contributed by atoms with Gasteiger partial charge in [-0.1, -0.05) is 30.4 Å². The number of carbonyl (C=O) groups is 2. The number of rotatable bonds is 5. The predicted octanol–water partition coefficient (Wildman–Crippen LogP) is 4.08. The second-order valence-corrected chi connectivity index (χ2v) is 5.92. The van der Waals surface area contributed by atoms with E-state index >= 15 is 0 Å². The zero-order valence-electron chi connectivity index (χ0n) is 13.6. The first-order valence-corrected chi connectivity index (χ1v) is 8.15. The smallest absolute Gasteiger partial charge is 0.307 e. The van der Waals surface area contributed by atoms with E-state index in [1.807, 2.05) is 42.5 Å². The van der Waals surface area contributed by atoms with Gasteiger partial charge in [0.2, 0.25) is 5.91 Å². The Kier molecular flexibility index (Phi) is 5.14. The summed E-state index contributed by atoms with van der Waals surface area (Å²) in [5.41, 5.74) is 0.615. The summed E-state index contributed by atoms with van der Waals surface area (Å²) in [6, 6.07) is 16.4. The maximum atomic E-state index is 12.4. The van der Waals surface area contributed by atoms with Gasteiger partial charge in [-0.05, 0) is 49.2 Å². The van der Waals surface area contributed by atoms with E-state index in [0.29, 0.717) is 24.3 Å². The number of carbonyl (C=O) groups excluding carboxylic acids is 1. The third-order valence-corrected chi connectivity index (χ3v) is 4.19. The quantitative estimate of drug-likeness (QED) is 0.806. The molecule has 0 unspecified atom stereocenters. The molecule has 2 aromatic rings. The van der Waals surface area contributed by atoms with Crippen LogP contribution in [-0.4, -0.2) is 17.0 Å². The second kappa shape index (κ2) is 7.66. The number of nitrogens with one attached hydrogen (secondary N) is 1. The van der Waals surface area contributed by atoms with Crippen LogP contribution in [0.4, 0.5) is 5.69 Å². The van der Waals surface area contributed by atoms with Crippen molar-refractivity contribution >= 4 is 17.6 Å². The fourth-order valence-electron chi connectivity index (χ4n) is 2.84. The fraction of sp³-hybridized carbons (Fsp3) is 0.200. The van der Waals surface area contributed by atoms with Gasteiger partial charge in [0.05, 0.1) is 11.8 Å². The molecule has 5 heteroatoms. The average molecular weight is 337 g/mol. The van der Waals surface area contributed by atoms with E-state index in [1.54, 1.807) is 24.3 Å². The molecule has 0 saturated heterocycles. The molecule has 1 amide bonds. The molecule has 128 valence electrons. The first kappa shape index (κ1) is 16.8. The molecule has 3 rings (SSSR count). The molecule has 2 atom stereocenters. The molecule has 1 aliphatic carbocycles. The van der Waals surface area contributed by atoms with Gasteiger partial charge in [0.1, 0.15) is 11.5 Å². The molecule has 2 N–H and O–H groups in total. The van der Waals surface area contributed by atoms with Crippen molar-refractivity contribution in [1.82, 2.24) is 0 Å². The Balaban J connectivity index is 1.63. The van der Waals surface area contributed by atoms with Crippen LogP contribution in [0.25, 0.3) is 0 Å². The molecular formula is C20H19NO4. The zero-order chi connectivity index (χ0) is 17.6. The van der Waals surface area contributed by atoms with E-state index in [-0.39, 0.29) is 5.91 Å². The topological polar surface area (TPSA) is 75.6 Å². The normalized spacial score (nSPS) is 19.2. The van der Waals surface area contributed by atoms with Gasteiger partial charge in [0.25, 0.3) is 0 Å². The number of hydrogen-bond donors (Lipinski definition) is 2. The van der Waals surface area contributed by atoms with Crippen molar-refractivity contribution in [2.45, 2.75) is 12.8 Å². The van der Waals surface area contributed by atoms with Crippen molar-refractivity contribution in [2.24, 2.45) is 11.8 Å². The standard InChI is InChI=1S/C20H19NO4/c22-19(17-8-4-5-9-18(17)20(23)24)21-14-10-12-16(13-11-14)25-15-6-2-1-3-7-15/h1-7,10-13,17-18H,8-9H2,(H,21,22)(H,23,24)/t17-,18-/m0/s1. The van der Waals surface area contributed by atoms with Gasteiger partial charge >= 0.3 is 5.97 Å². The van der Waals surface area contributed by atoms with Crippen LogP contribution in [-0.2, 0) is 9.59 Å². The van der Waals surface area contributed by atoms with Crippen LogP contribution < -0.4 is 10.1 Å². The molecule has 0 bridgehead atoms. The van der Waals surface area contributed by atoms with E-state index in [1.165, 1.54) is 0 Å². The van der Waals surface area contributed by atoms with Gasteiger partial charge in [0, 0.05) is 5.69 Å². The largest absolute Gasteiger partial charge is 0.481 e. The molecular weight excluding hydrogens is 318 g/mol. The molecule has 0 saturated carbocycles. The van der Waals surface area contributed by atoms with Crippen molar-refractivity contribution in [3.05, 3.63) is 66.7 Å². The van der Waals surface area contributed by atoms with Crippen LogP contribution in [0, 0.1) is 11.8 Å². The molecule has 5 nitrogen and oxygen atoms in total. The monoisotopic (exact) mass is 337 g/mol. The van der Waals surface area contributed by atoms with Crippen LogP contribution >= 0.6 is 0 Å². The maximum Gasteiger partial charge on any atom is 0.307 e. The number of amides is 1. The summed E-state index contributed by atoms with van der Waals surface area (Å²) >= 11 is 0. The van der Waals surface area contributed by atoms with Gasteiger partial charge in [-0.3, -0.25) is 9.59 Å². The van der Waals surface area contributed by atoms with Crippen LogP contribution in [0.2, 0.25) is 0 Å². The van der Waals surface area contributed by atoms with Crippen molar-refractivity contribution in [1.29, 1.82) is 0 Å². The number of carboxylic acids is 1. The summed E-state index contributed by atoms with van der Waals surface area (Å²) in [6.07, 6.45) is 4.51. The zero-order valence-corrected chi connectivity index (χ0v) is 13.6. The highest BCUT2D eigenvalue weighted by Crippen LogP contribution is 2.28. The molecule has 0 aliphatic heterocycles. The fourth-order valence-corrected chi connectivity index (χ4v) is 2.84. The Bertz CT molecular complexity index is 768. The molecule has 0 radical (unpaired) electrons. The number of benzene rings is 2. The third-order valence-electron chi connectivity index (χ3n) is 4.19. The minimum atomic E-state index is -0.934. The minimum absolute atomic E-state index is 0.270. The van der Waals surface area contributed by atoms with Crippen LogP contribution in [0.1, 0.15) is 12.8 Å². The maximum absolute atomic E-state index is 12.4. The SMILES string of the molecule is O=C(O)[C@H]1CC=CC[C@@H]1C(=O)Nc1ccc(Oc2ccccc2)cc1. The summed E-state index contributed by atoms with van der Waals surface area (Å²) in [5.74, 6) is -1.04. The molecule has 0 heterocycles. The number of aliphatic carboxylic acids is 1. The number of hydrogen-bond acceptors (Lipinski definition) is 3. The van der Waals surface area contributed by atoms with Crippen molar-refractivity contribution in [2.75, 3.05) is 5.32 Å². The van der Waals surface area contributed by atoms with Gasteiger partial charge in [0.15, 0.2) is 0 Å². The van der Waals surface area contributed by atoms with Crippen molar-refractivity contribution in [3.8, 4) is 11.5 Å². The van der Waals surface area contributed by atoms with E-state index < -0.39 is 17.8 Å². The number of ether oxygens (including phenoxy) is 1. The number of carboxylic acid groups (broad SMARTS) is 1. The number of para-hydroxylation sites is 1. The molecule has 0 spiro atoms. The summed E-state index contributed by atoms with van der Waals surface area (Å²) in [5, 5.41) is 12.1. The van der Waals surface area contributed by atoms with Gasteiger partial charge in [-0.15, -0.1) is 0 Å². The second-order valence-electron chi connectivity index (χ2n) is 5.92. The molecule has 25 heavy (non-hydrogen) atoms. The predicted molar refractivity (Wildman–Crippen MR) is 94.6 cm³/mol. The third kappa shape index (κ3) is 4.26. The Morgan fingerprint density at radius 1 is 0.880 bits per heavy atom. The first-order valence-electron chi connectivity index (χ1n) is 8.15. The lowest BCUT2D eigenvalue weighted by molar-refractivity contribution is -0.146. The van der Waals surface area contributed by atoms with Crippen molar-refractivity contribution < 1.29 is 19.4 Å². The molecule has 1 aliphatic rings. The van der Waals surface area contributed by atoms with E-state index in [0.717, 1.165) is 5.75 Å². The Morgan fingerprint density at radius 2 is 1.48 bits per heavy atom. The average Bonchev–Trinajstić information content (AvgIpc) is 2.64. The minimum Gasteiger partial charge on any atom is -0.481 e. The highest BCUT2D eigenvalue weighted by Gasteiger charge is 2.33. The van der Waals surface area contributed by atoms with E-state index in [9.17, 15) is 14.7 Å². The first-order chi connectivity index (χ1) is 12.1. The Hall–Kier alpha value is -3.08. The summed E-state index contributed by atoms with van der Waals surface area (Å²) in [4.78, 5) is 23.7. The van der Waals surface area contributed by atoms with E-state index in [2.05, 4.69) is 5.32 Å². The summed E-state index contributed by atoms with van der Waals surface area (Å²) in [7, 11) is 0.